The molecule has 0 unspecified atom stereocenters. The summed E-state index contributed by atoms with van der Waals surface area (Å²) in [5, 5.41) is 0. The molecule has 1 amide bonds. The standard InChI is InChI=1S/C24H35N3OS/c28-24(26-12-14-29-15-13-26)21-6-3-9-27(18-21)22-7-10-25(11-8-22)23-16-19-4-1-2-5-20(19)17-23/h1-2,4-5,21-23H,3,6-18H2/t21-/m1/s1. The number of piperidine rings is 2. The first-order valence-corrected chi connectivity index (χ1v) is 12.8. The third kappa shape index (κ3) is 4.38. The first kappa shape index (κ1) is 19.9. The average molecular weight is 414 g/mol. The number of nitrogens with zero attached hydrogens (tertiary/aromatic N) is 3. The van der Waals surface area contributed by atoms with Gasteiger partial charge in [0.2, 0.25) is 5.91 Å². The van der Waals surface area contributed by atoms with E-state index in [1.54, 1.807) is 11.1 Å². The molecule has 0 saturated carbocycles. The molecule has 0 spiro atoms. The maximum Gasteiger partial charge on any atom is 0.227 e. The monoisotopic (exact) mass is 413 g/mol. The van der Waals surface area contributed by atoms with Gasteiger partial charge < -0.3 is 4.90 Å². The number of amides is 1. The van der Waals surface area contributed by atoms with E-state index in [1.165, 1.54) is 51.7 Å². The van der Waals surface area contributed by atoms with Crippen molar-refractivity contribution in [2.45, 2.75) is 50.6 Å². The Kier molecular flexibility index (Phi) is 6.17. The second-order valence-corrected chi connectivity index (χ2v) is 10.6. The molecule has 0 N–H and O–H groups in total. The summed E-state index contributed by atoms with van der Waals surface area (Å²) in [4.78, 5) is 20.6. The SMILES string of the molecule is O=C([C@@H]1CCCN(C2CCN(C3Cc4ccccc4C3)CC2)C1)N1CCSCC1. The molecule has 3 aliphatic heterocycles. The summed E-state index contributed by atoms with van der Waals surface area (Å²) < 4.78 is 0. The Balaban J connectivity index is 1.12. The highest BCUT2D eigenvalue weighted by Gasteiger charge is 2.35. The fraction of sp³-hybridized carbons (Fsp3) is 0.708. The van der Waals surface area contributed by atoms with Gasteiger partial charge in [-0.1, -0.05) is 24.3 Å². The van der Waals surface area contributed by atoms with E-state index in [4.69, 9.17) is 0 Å². The van der Waals surface area contributed by atoms with Crippen LogP contribution in [0, 0.1) is 5.92 Å². The van der Waals surface area contributed by atoms with Crippen molar-refractivity contribution in [2.75, 3.05) is 50.8 Å². The predicted molar refractivity (Wildman–Crippen MR) is 120 cm³/mol. The van der Waals surface area contributed by atoms with Gasteiger partial charge in [0, 0.05) is 43.2 Å². The molecule has 158 valence electrons. The maximum absolute atomic E-state index is 13.0. The van der Waals surface area contributed by atoms with Crippen molar-refractivity contribution in [1.82, 2.24) is 14.7 Å². The smallest absolute Gasteiger partial charge is 0.227 e. The van der Waals surface area contributed by atoms with Crippen molar-refractivity contribution in [2.24, 2.45) is 5.92 Å². The van der Waals surface area contributed by atoms with Gasteiger partial charge in [-0.3, -0.25) is 14.6 Å². The van der Waals surface area contributed by atoms with E-state index in [-0.39, 0.29) is 5.92 Å². The summed E-state index contributed by atoms with van der Waals surface area (Å²) in [5.41, 5.74) is 3.13. The third-order valence-electron chi connectivity index (χ3n) is 7.69. The van der Waals surface area contributed by atoms with Crippen LogP contribution in [-0.2, 0) is 17.6 Å². The molecule has 1 aromatic rings. The van der Waals surface area contributed by atoms with Gasteiger partial charge in [0.05, 0.1) is 5.92 Å². The van der Waals surface area contributed by atoms with E-state index in [0.29, 0.717) is 18.0 Å². The van der Waals surface area contributed by atoms with Gasteiger partial charge in [-0.05, 0) is 69.3 Å². The summed E-state index contributed by atoms with van der Waals surface area (Å²) in [6.07, 6.45) is 7.29. The molecule has 0 radical (unpaired) electrons. The van der Waals surface area contributed by atoms with Crippen molar-refractivity contribution in [3.8, 4) is 0 Å². The van der Waals surface area contributed by atoms with E-state index in [2.05, 4.69) is 39.0 Å². The Morgan fingerprint density at radius 3 is 2.21 bits per heavy atom. The number of hydrogen-bond acceptors (Lipinski definition) is 4. The van der Waals surface area contributed by atoms with Crippen LogP contribution in [0.25, 0.3) is 0 Å². The van der Waals surface area contributed by atoms with Crippen LogP contribution in [0.3, 0.4) is 0 Å². The highest BCUT2D eigenvalue weighted by atomic mass is 32.2. The number of carbonyl (C=O) groups excluding carboxylic acids is 1. The topological polar surface area (TPSA) is 26.8 Å². The van der Waals surface area contributed by atoms with E-state index in [9.17, 15) is 4.79 Å². The molecule has 3 saturated heterocycles. The van der Waals surface area contributed by atoms with E-state index < -0.39 is 0 Å². The molecule has 3 fully saturated rings. The molecule has 1 aromatic carbocycles. The number of hydrogen-bond donors (Lipinski definition) is 0. The van der Waals surface area contributed by atoms with Crippen LogP contribution in [0.15, 0.2) is 24.3 Å². The van der Waals surface area contributed by atoms with E-state index >= 15 is 0 Å². The first-order chi connectivity index (χ1) is 14.3. The number of rotatable bonds is 3. The number of carbonyl (C=O) groups is 1. The lowest BCUT2D eigenvalue weighted by Gasteiger charge is -2.44. The normalized spacial score (nSPS) is 27.9. The van der Waals surface area contributed by atoms with E-state index in [1.807, 2.05) is 11.8 Å². The zero-order valence-corrected chi connectivity index (χ0v) is 18.4. The summed E-state index contributed by atoms with van der Waals surface area (Å²) in [7, 11) is 0. The quantitative estimate of drug-likeness (QED) is 0.761. The van der Waals surface area contributed by atoms with Crippen LogP contribution in [-0.4, -0.2) is 83.5 Å². The zero-order valence-electron chi connectivity index (χ0n) is 17.6. The third-order valence-corrected chi connectivity index (χ3v) is 8.63. The van der Waals surface area contributed by atoms with Gasteiger partial charge in [-0.2, -0.15) is 11.8 Å². The number of fused-ring (bicyclic) bond motifs is 1. The molecule has 3 heterocycles. The van der Waals surface area contributed by atoms with Crippen LogP contribution in [0.4, 0.5) is 0 Å². The lowest BCUT2D eigenvalue weighted by Crippen LogP contribution is -2.53. The van der Waals surface area contributed by atoms with Crippen molar-refractivity contribution < 1.29 is 4.79 Å². The van der Waals surface area contributed by atoms with Crippen LogP contribution in [0.5, 0.6) is 0 Å². The molecule has 4 aliphatic rings. The van der Waals surface area contributed by atoms with Gasteiger partial charge in [0.1, 0.15) is 0 Å². The largest absolute Gasteiger partial charge is 0.341 e. The lowest BCUT2D eigenvalue weighted by atomic mass is 9.92. The molecule has 1 atom stereocenters. The molecule has 5 heteroatoms. The van der Waals surface area contributed by atoms with Crippen LogP contribution >= 0.6 is 11.8 Å². The first-order valence-electron chi connectivity index (χ1n) is 11.7. The van der Waals surface area contributed by atoms with Crippen molar-refractivity contribution in [3.05, 3.63) is 35.4 Å². The Bertz CT molecular complexity index is 687. The van der Waals surface area contributed by atoms with Crippen LogP contribution in [0.1, 0.15) is 36.8 Å². The fourth-order valence-electron chi connectivity index (χ4n) is 5.99. The second kappa shape index (κ2) is 8.99. The second-order valence-electron chi connectivity index (χ2n) is 9.37. The Morgan fingerprint density at radius 1 is 0.828 bits per heavy atom. The van der Waals surface area contributed by atoms with E-state index in [0.717, 1.165) is 37.6 Å². The maximum atomic E-state index is 13.0. The fourth-order valence-corrected chi connectivity index (χ4v) is 6.89. The molecule has 0 aromatic heterocycles. The molecular weight excluding hydrogens is 378 g/mol. The molecule has 29 heavy (non-hydrogen) atoms. The van der Waals surface area contributed by atoms with Gasteiger partial charge in [0.25, 0.3) is 0 Å². The molecule has 1 aliphatic carbocycles. The average Bonchev–Trinajstić information content (AvgIpc) is 3.24. The number of benzene rings is 1. The summed E-state index contributed by atoms with van der Waals surface area (Å²) in [6, 6.07) is 10.4. The highest BCUT2D eigenvalue weighted by molar-refractivity contribution is 7.99. The Labute approximate surface area is 180 Å². The minimum atomic E-state index is 0.245. The number of likely N-dealkylation sites (tertiary alicyclic amines) is 2. The van der Waals surface area contributed by atoms with Crippen molar-refractivity contribution >= 4 is 17.7 Å². The lowest BCUT2D eigenvalue weighted by molar-refractivity contribution is -0.137. The van der Waals surface area contributed by atoms with Crippen LogP contribution < -0.4 is 0 Å². The van der Waals surface area contributed by atoms with Crippen molar-refractivity contribution in [3.63, 3.8) is 0 Å². The summed E-state index contributed by atoms with van der Waals surface area (Å²) >= 11 is 1.98. The summed E-state index contributed by atoms with van der Waals surface area (Å²) in [5.74, 6) is 2.92. The Hall–Kier alpha value is -1.04. The molecule has 0 bridgehead atoms. The zero-order chi connectivity index (χ0) is 19.6. The van der Waals surface area contributed by atoms with Crippen molar-refractivity contribution in [1.29, 1.82) is 0 Å². The Morgan fingerprint density at radius 2 is 1.52 bits per heavy atom. The predicted octanol–water partition coefficient (Wildman–Crippen LogP) is 2.91. The van der Waals surface area contributed by atoms with Gasteiger partial charge in [-0.15, -0.1) is 0 Å². The van der Waals surface area contributed by atoms with Gasteiger partial charge >= 0.3 is 0 Å². The molecular formula is C24H35N3OS. The number of thioether (sulfide) groups is 1. The highest BCUT2D eigenvalue weighted by Crippen LogP contribution is 2.30. The minimum Gasteiger partial charge on any atom is -0.341 e. The molecule has 4 nitrogen and oxygen atoms in total. The van der Waals surface area contributed by atoms with Gasteiger partial charge in [0.15, 0.2) is 0 Å². The summed E-state index contributed by atoms with van der Waals surface area (Å²) in [6.45, 7) is 6.56. The molecule has 5 rings (SSSR count). The minimum absolute atomic E-state index is 0.245. The van der Waals surface area contributed by atoms with Crippen LogP contribution in [0.2, 0.25) is 0 Å². The van der Waals surface area contributed by atoms with Gasteiger partial charge in [-0.25, -0.2) is 0 Å².